The molecule has 8 nitrogen and oxygen atoms in total. The van der Waals surface area contributed by atoms with Crippen molar-refractivity contribution >= 4 is 35.4 Å². The molecule has 0 saturated heterocycles. The molecule has 0 heterocycles. The van der Waals surface area contributed by atoms with Gasteiger partial charge in [-0.05, 0) is 31.3 Å². The van der Waals surface area contributed by atoms with Crippen LogP contribution in [0.3, 0.4) is 0 Å². The predicted octanol–water partition coefficient (Wildman–Crippen LogP) is 3.69. The maximum atomic E-state index is 13.2. The fraction of sp³-hybridized carbons (Fsp3) is 0.652. The van der Waals surface area contributed by atoms with E-state index in [2.05, 4.69) is 5.32 Å². The SMILES string of the molecule is CC(=O)N[C@H](C(=O)OC(C)OC(=O)N(C)[C@@]1(C2CC=CC=C2Cl)CCCCC1=O)C(C)C. The van der Waals surface area contributed by atoms with Gasteiger partial charge in [-0.15, -0.1) is 0 Å². The van der Waals surface area contributed by atoms with Gasteiger partial charge in [0, 0.05) is 38.3 Å². The standard InChI is InChI=1S/C23H33ClN2O6/c1-14(2)20(25-15(3)27)21(29)31-16(4)32-22(30)26(5)23(13-9-8-12-19(23)28)17-10-6-7-11-18(17)24/h6-7,11,14,16-17,20H,8-10,12-13H2,1-5H3,(H,25,27)/t16?,17?,20-,23+/m0/s1. The van der Waals surface area contributed by atoms with Crippen LogP contribution in [0.1, 0.15) is 59.8 Å². The smallest absolute Gasteiger partial charge is 0.413 e. The molecule has 1 saturated carbocycles. The first-order chi connectivity index (χ1) is 15.0. The first-order valence-electron chi connectivity index (χ1n) is 11.0. The number of allylic oxidation sites excluding steroid dienone is 3. The third-order valence-corrected chi connectivity index (χ3v) is 6.46. The molecular weight excluding hydrogens is 436 g/mol. The van der Waals surface area contributed by atoms with Gasteiger partial charge in [-0.2, -0.15) is 0 Å². The first kappa shape index (κ1) is 25.9. The number of Topliss-reactive ketones (excluding diaryl/α,β-unsaturated/α-hetero) is 1. The summed E-state index contributed by atoms with van der Waals surface area (Å²) in [4.78, 5) is 51.3. The molecule has 2 unspecified atom stereocenters. The highest BCUT2D eigenvalue weighted by Gasteiger charge is 2.52. The van der Waals surface area contributed by atoms with Crippen LogP contribution in [0.4, 0.5) is 4.79 Å². The molecule has 0 aliphatic heterocycles. The van der Waals surface area contributed by atoms with Crippen LogP contribution in [-0.2, 0) is 23.9 Å². The van der Waals surface area contributed by atoms with Gasteiger partial charge in [-0.3, -0.25) is 14.5 Å². The van der Waals surface area contributed by atoms with E-state index in [1.807, 2.05) is 12.2 Å². The maximum absolute atomic E-state index is 13.2. The van der Waals surface area contributed by atoms with E-state index in [1.165, 1.54) is 25.8 Å². The molecule has 1 N–H and O–H groups in total. The Labute approximate surface area is 194 Å². The summed E-state index contributed by atoms with van der Waals surface area (Å²) in [6, 6.07) is -0.865. The molecular formula is C23H33ClN2O6. The molecule has 2 amide bonds. The number of halogens is 1. The normalized spacial score (nSPS) is 24.9. The number of carbonyl (C=O) groups is 4. The molecule has 0 aromatic heterocycles. The van der Waals surface area contributed by atoms with Crippen LogP contribution in [0.15, 0.2) is 23.3 Å². The van der Waals surface area contributed by atoms with E-state index in [4.69, 9.17) is 21.1 Å². The summed E-state index contributed by atoms with van der Waals surface area (Å²) in [5.74, 6) is -1.69. The second kappa shape index (κ2) is 11.0. The number of ketones is 1. The van der Waals surface area contributed by atoms with Crippen LogP contribution in [0.5, 0.6) is 0 Å². The summed E-state index contributed by atoms with van der Waals surface area (Å²) in [6.07, 6.45) is 6.45. The van der Waals surface area contributed by atoms with Gasteiger partial charge < -0.3 is 14.8 Å². The van der Waals surface area contributed by atoms with Crippen molar-refractivity contribution in [1.29, 1.82) is 0 Å². The average Bonchev–Trinajstić information content (AvgIpc) is 2.72. The van der Waals surface area contributed by atoms with Crippen molar-refractivity contribution in [2.45, 2.75) is 77.7 Å². The Hall–Kier alpha value is -2.35. The quantitative estimate of drug-likeness (QED) is 0.451. The number of hydrogen-bond acceptors (Lipinski definition) is 6. The lowest BCUT2D eigenvalue weighted by molar-refractivity contribution is -0.172. The van der Waals surface area contributed by atoms with E-state index in [1.54, 1.807) is 19.9 Å². The van der Waals surface area contributed by atoms with Crippen molar-refractivity contribution in [2.75, 3.05) is 7.05 Å². The number of hydrogen-bond donors (Lipinski definition) is 1. The van der Waals surface area contributed by atoms with Crippen LogP contribution in [0, 0.1) is 11.8 Å². The molecule has 2 rings (SSSR count). The molecule has 0 spiro atoms. The number of amides is 2. The van der Waals surface area contributed by atoms with Gasteiger partial charge in [0.2, 0.25) is 12.2 Å². The number of nitrogens with zero attached hydrogens (tertiary/aromatic N) is 1. The van der Waals surface area contributed by atoms with Crippen molar-refractivity contribution in [3.05, 3.63) is 23.3 Å². The maximum Gasteiger partial charge on any atom is 0.413 e. The molecule has 1 fully saturated rings. The number of likely N-dealkylation sites (N-methyl/N-ethyl adjacent to an activating group) is 1. The molecule has 0 aromatic carbocycles. The van der Waals surface area contributed by atoms with E-state index >= 15 is 0 Å². The third-order valence-electron chi connectivity index (χ3n) is 6.07. The van der Waals surface area contributed by atoms with E-state index in [0.717, 1.165) is 12.8 Å². The molecule has 2 aliphatic carbocycles. The van der Waals surface area contributed by atoms with E-state index in [9.17, 15) is 19.2 Å². The topological polar surface area (TPSA) is 102 Å². The minimum atomic E-state index is -1.21. The number of ether oxygens (including phenoxy) is 2. The minimum Gasteiger partial charge on any atom is -0.424 e. The van der Waals surface area contributed by atoms with Gasteiger partial charge in [0.15, 0.2) is 5.78 Å². The van der Waals surface area contributed by atoms with Crippen molar-refractivity contribution in [1.82, 2.24) is 10.2 Å². The van der Waals surface area contributed by atoms with E-state index < -0.39 is 29.9 Å². The van der Waals surface area contributed by atoms with Crippen molar-refractivity contribution in [2.24, 2.45) is 11.8 Å². The van der Waals surface area contributed by atoms with Gasteiger partial charge in [0.05, 0.1) is 0 Å². The van der Waals surface area contributed by atoms with Crippen LogP contribution in [-0.4, -0.2) is 53.6 Å². The number of esters is 1. The van der Waals surface area contributed by atoms with Gasteiger partial charge in [-0.1, -0.05) is 44.0 Å². The zero-order valence-electron chi connectivity index (χ0n) is 19.4. The van der Waals surface area contributed by atoms with E-state index in [0.29, 0.717) is 24.3 Å². The Balaban J connectivity index is 2.15. The Morgan fingerprint density at radius 3 is 2.47 bits per heavy atom. The molecule has 4 atom stereocenters. The zero-order chi connectivity index (χ0) is 24.1. The lowest BCUT2D eigenvalue weighted by Crippen LogP contribution is -2.61. The minimum absolute atomic E-state index is 0.0507. The second-order valence-electron chi connectivity index (χ2n) is 8.69. The summed E-state index contributed by atoms with van der Waals surface area (Å²) in [5, 5.41) is 3.06. The second-order valence-corrected chi connectivity index (χ2v) is 9.13. The number of carbonyl (C=O) groups excluding carboxylic acids is 4. The Kier molecular flexibility index (Phi) is 8.89. The Morgan fingerprint density at radius 2 is 1.91 bits per heavy atom. The highest BCUT2D eigenvalue weighted by atomic mass is 35.5. The molecule has 0 radical (unpaired) electrons. The van der Waals surface area contributed by atoms with Crippen molar-refractivity contribution < 1.29 is 28.7 Å². The van der Waals surface area contributed by atoms with Crippen molar-refractivity contribution in [3.8, 4) is 0 Å². The lowest BCUT2D eigenvalue weighted by atomic mass is 9.68. The molecule has 0 bridgehead atoms. The summed E-state index contributed by atoms with van der Waals surface area (Å²) < 4.78 is 10.6. The number of nitrogens with one attached hydrogen (secondary N) is 1. The summed E-state index contributed by atoms with van der Waals surface area (Å²) in [5.41, 5.74) is -1.12. The van der Waals surface area contributed by atoms with Gasteiger partial charge in [0.25, 0.3) is 0 Å². The fourth-order valence-electron chi connectivity index (χ4n) is 4.38. The molecule has 2 aliphatic rings. The van der Waals surface area contributed by atoms with Gasteiger partial charge in [-0.25, -0.2) is 9.59 Å². The highest BCUT2D eigenvalue weighted by Crippen LogP contribution is 2.44. The summed E-state index contributed by atoms with van der Waals surface area (Å²) in [6.45, 7) is 6.25. The number of rotatable bonds is 7. The first-order valence-corrected chi connectivity index (χ1v) is 11.4. The van der Waals surface area contributed by atoms with Crippen LogP contribution in [0.25, 0.3) is 0 Å². The zero-order valence-corrected chi connectivity index (χ0v) is 20.1. The van der Waals surface area contributed by atoms with Gasteiger partial charge in [0.1, 0.15) is 11.6 Å². The Bertz CT molecular complexity index is 808. The fourth-order valence-corrected chi connectivity index (χ4v) is 4.72. The lowest BCUT2D eigenvalue weighted by Gasteiger charge is -2.47. The molecule has 0 aromatic rings. The monoisotopic (exact) mass is 468 g/mol. The largest absolute Gasteiger partial charge is 0.424 e. The average molecular weight is 469 g/mol. The van der Waals surface area contributed by atoms with Crippen LogP contribution in [0.2, 0.25) is 0 Å². The van der Waals surface area contributed by atoms with Gasteiger partial charge >= 0.3 is 12.1 Å². The Morgan fingerprint density at radius 1 is 1.22 bits per heavy atom. The van der Waals surface area contributed by atoms with Crippen LogP contribution >= 0.6 is 11.6 Å². The third kappa shape index (κ3) is 5.71. The molecule has 178 valence electrons. The predicted molar refractivity (Wildman–Crippen MR) is 120 cm³/mol. The highest BCUT2D eigenvalue weighted by molar-refractivity contribution is 6.30. The molecule has 32 heavy (non-hydrogen) atoms. The molecule has 9 heteroatoms. The summed E-state index contributed by atoms with van der Waals surface area (Å²) in [7, 11) is 1.52. The van der Waals surface area contributed by atoms with Crippen LogP contribution < -0.4 is 5.32 Å². The summed E-state index contributed by atoms with van der Waals surface area (Å²) >= 11 is 6.48. The van der Waals surface area contributed by atoms with E-state index in [-0.39, 0.29) is 23.5 Å². The van der Waals surface area contributed by atoms with Crippen molar-refractivity contribution in [3.63, 3.8) is 0 Å².